The molecule has 1 N–H and O–H groups in total. The third-order valence-electron chi connectivity index (χ3n) is 3.31. The van der Waals surface area contributed by atoms with E-state index in [9.17, 15) is 0 Å². The summed E-state index contributed by atoms with van der Waals surface area (Å²) in [4.78, 5) is 1.25. The molecule has 0 atom stereocenters. The van der Waals surface area contributed by atoms with Gasteiger partial charge in [0.25, 0.3) is 0 Å². The van der Waals surface area contributed by atoms with Gasteiger partial charge in [0.05, 0.1) is 5.02 Å². The highest BCUT2D eigenvalue weighted by Crippen LogP contribution is 2.38. The zero-order valence-electron chi connectivity index (χ0n) is 11.2. The second kappa shape index (κ2) is 6.83. The Kier molecular flexibility index (Phi) is 5.40. The summed E-state index contributed by atoms with van der Waals surface area (Å²) in [7, 11) is 0. The number of thioether (sulfide) groups is 1. The molecule has 1 aliphatic rings. The first kappa shape index (κ1) is 14.2. The third-order valence-corrected chi connectivity index (χ3v) is 5.15. The van der Waals surface area contributed by atoms with Crippen LogP contribution in [-0.2, 0) is 6.54 Å². The van der Waals surface area contributed by atoms with Crippen LogP contribution in [0.2, 0.25) is 5.02 Å². The van der Waals surface area contributed by atoms with Crippen molar-refractivity contribution in [3.8, 4) is 0 Å². The molecule has 1 saturated carbocycles. The molecule has 100 valence electrons. The van der Waals surface area contributed by atoms with Gasteiger partial charge in [0.2, 0.25) is 0 Å². The molecule has 0 bridgehead atoms. The Morgan fingerprint density at radius 3 is 2.67 bits per heavy atom. The van der Waals surface area contributed by atoms with E-state index in [1.165, 1.54) is 36.1 Å². The molecule has 18 heavy (non-hydrogen) atoms. The van der Waals surface area contributed by atoms with Crippen LogP contribution in [0.5, 0.6) is 0 Å². The highest BCUT2D eigenvalue weighted by Gasteiger charge is 2.17. The van der Waals surface area contributed by atoms with Crippen LogP contribution in [0.3, 0.4) is 0 Å². The first-order valence-corrected chi connectivity index (χ1v) is 8.09. The van der Waals surface area contributed by atoms with Gasteiger partial charge in [-0.25, -0.2) is 0 Å². The first-order chi connectivity index (χ1) is 8.65. The average Bonchev–Trinajstić information content (AvgIpc) is 2.82. The van der Waals surface area contributed by atoms with Crippen molar-refractivity contribution in [3.05, 3.63) is 28.8 Å². The first-order valence-electron chi connectivity index (χ1n) is 6.83. The van der Waals surface area contributed by atoms with Crippen LogP contribution < -0.4 is 5.32 Å². The third kappa shape index (κ3) is 4.18. The Balaban J connectivity index is 1.95. The molecule has 1 nitrogen and oxygen atoms in total. The summed E-state index contributed by atoms with van der Waals surface area (Å²) in [5.41, 5.74) is 1.27. The molecular weight excluding hydrogens is 262 g/mol. The average molecular weight is 284 g/mol. The Morgan fingerprint density at radius 1 is 1.33 bits per heavy atom. The molecule has 1 fully saturated rings. The second-order valence-corrected chi connectivity index (χ2v) is 7.07. The summed E-state index contributed by atoms with van der Waals surface area (Å²) in [5.74, 6) is 0. The van der Waals surface area contributed by atoms with Crippen LogP contribution in [0.4, 0.5) is 0 Å². The van der Waals surface area contributed by atoms with Crippen LogP contribution in [0.1, 0.15) is 45.1 Å². The van der Waals surface area contributed by atoms with Crippen LogP contribution in [0, 0.1) is 0 Å². The molecule has 2 rings (SSSR count). The standard InChI is InChI=1S/C15H22ClNS/c1-11(2)17-10-12-7-8-15(14(16)9-12)18-13-5-3-4-6-13/h7-9,11,13,17H,3-6,10H2,1-2H3. The quantitative estimate of drug-likeness (QED) is 0.827. The van der Waals surface area contributed by atoms with E-state index in [4.69, 9.17) is 11.6 Å². The Hall–Kier alpha value is -0.180. The van der Waals surface area contributed by atoms with Crippen molar-refractivity contribution in [2.24, 2.45) is 0 Å². The van der Waals surface area contributed by atoms with Crippen molar-refractivity contribution in [1.82, 2.24) is 5.32 Å². The van der Waals surface area contributed by atoms with Crippen LogP contribution in [0.15, 0.2) is 23.1 Å². The predicted octanol–water partition coefficient (Wildman–Crippen LogP) is 4.87. The smallest absolute Gasteiger partial charge is 0.0545 e. The minimum Gasteiger partial charge on any atom is -0.310 e. The predicted molar refractivity (Wildman–Crippen MR) is 81.5 cm³/mol. The molecule has 0 unspecified atom stereocenters. The fourth-order valence-electron chi connectivity index (χ4n) is 2.26. The number of hydrogen-bond acceptors (Lipinski definition) is 2. The van der Waals surface area contributed by atoms with Crippen molar-refractivity contribution in [3.63, 3.8) is 0 Å². The molecule has 0 aliphatic heterocycles. The van der Waals surface area contributed by atoms with Gasteiger partial charge < -0.3 is 5.32 Å². The van der Waals surface area contributed by atoms with Crippen molar-refractivity contribution >= 4 is 23.4 Å². The molecule has 1 aliphatic carbocycles. The van der Waals surface area contributed by atoms with Crippen molar-refractivity contribution < 1.29 is 0 Å². The van der Waals surface area contributed by atoms with Gasteiger partial charge >= 0.3 is 0 Å². The van der Waals surface area contributed by atoms with E-state index in [0.29, 0.717) is 6.04 Å². The summed E-state index contributed by atoms with van der Waals surface area (Å²) in [5, 5.41) is 5.11. The van der Waals surface area contributed by atoms with Gasteiger partial charge in [0, 0.05) is 22.7 Å². The van der Waals surface area contributed by atoms with Crippen LogP contribution in [-0.4, -0.2) is 11.3 Å². The summed E-state index contributed by atoms with van der Waals surface area (Å²) in [6, 6.07) is 6.99. The number of hydrogen-bond donors (Lipinski definition) is 1. The normalized spacial score (nSPS) is 16.7. The molecule has 0 radical (unpaired) electrons. The highest BCUT2D eigenvalue weighted by molar-refractivity contribution is 8.00. The Labute approximate surface area is 120 Å². The molecule has 0 spiro atoms. The summed E-state index contributed by atoms with van der Waals surface area (Å²) < 4.78 is 0. The maximum absolute atomic E-state index is 6.37. The minimum atomic E-state index is 0.510. The zero-order valence-corrected chi connectivity index (χ0v) is 12.8. The molecule has 3 heteroatoms. The van der Waals surface area contributed by atoms with Gasteiger partial charge in [-0.3, -0.25) is 0 Å². The lowest BCUT2D eigenvalue weighted by molar-refractivity contribution is 0.588. The molecule has 0 heterocycles. The maximum Gasteiger partial charge on any atom is 0.0545 e. The number of rotatable bonds is 5. The van der Waals surface area contributed by atoms with Crippen LogP contribution in [0.25, 0.3) is 0 Å². The lowest BCUT2D eigenvalue weighted by Gasteiger charge is -2.12. The number of nitrogens with one attached hydrogen (secondary N) is 1. The van der Waals surface area contributed by atoms with Gasteiger partial charge in [-0.2, -0.15) is 0 Å². The van der Waals surface area contributed by atoms with Gasteiger partial charge in [-0.15, -0.1) is 11.8 Å². The van der Waals surface area contributed by atoms with E-state index in [-0.39, 0.29) is 0 Å². The molecule has 0 amide bonds. The van der Waals surface area contributed by atoms with Crippen molar-refractivity contribution in [1.29, 1.82) is 0 Å². The van der Waals surface area contributed by atoms with E-state index < -0.39 is 0 Å². The SMILES string of the molecule is CC(C)NCc1ccc(SC2CCCC2)c(Cl)c1. The van der Waals surface area contributed by atoms with E-state index in [1.807, 2.05) is 11.8 Å². The van der Waals surface area contributed by atoms with Crippen LogP contribution >= 0.6 is 23.4 Å². The topological polar surface area (TPSA) is 12.0 Å². The summed E-state index contributed by atoms with van der Waals surface area (Å²) in [6.45, 7) is 5.21. The van der Waals surface area contributed by atoms with E-state index in [0.717, 1.165) is 16.8 Å². The fourth-order valence-corrected chi connectivity index (χ4v) is 3.84. The molecule has 1 aromatic rings. The molecule has 0 aromatic heterocycles. The van der Waals surface area contributed by atoms with Gasteiger partial charge in [-0.05, 0) is 30.5 Å². The lowest BCUT2D eigenvalue weighted by atomic mass is 10.2. The van der Waals surface area contributed by atoms with Gasteiger partial charge in [0.15, 0.2) is 0 Å². The summed E-state index contributed by atoms with van der Waals surface area (Å²) in [6.07, 6.45) is 5.45. The highest BCUT2D eigenvalue weighted by atomic mass is 35.5. The number of benzene rings is 1. The fraction of sp³-hybridized carbons (Fsp3) is 0.600. The van der Waals surface area contributed by atoms with Crippen molar-refractivity contribution in [2.45, 2.75) is 62.3 Å². The number of halogens is 1. The molecule has 1 aromatic carbocycles. The lowest BCUT2D eigenvalue weighted by Crippen LogP contribution is -2.21. The molecular formula is C15H22ClNS. The maximum atomic E-state index is 6.37. The zero-order chi connectivity index (χ0) is 13.0. The summed E-state index contributed by atoms with van der Waals surface area (Å²) >= 11 is 8.33. The van der Waals surface area contributed by atoms with E-state index in [2.05, 4.69) is 37.4 Å². The van der Waals surface area contributed by atoms with Crippen molar-refractivity contribution in [2.75, 3.05) is 0 Å². The Bertz CT molecular complexity index is 386. The monoisotopic (exact) mass is 283 g/mol. The molecule has 0 saturated heterocycles. The van der Waals surface area contributed by atoms with Gasteiger partial charge in [-0.1, -0.05) is 44.4 Å². The van der Waals surface area contributed by atoms with E-state index >= 15 is 0 Å². The Morgan fingerprint density at radius 2 is 2.06 bits per heavy atom. The largest absolute Gasteiger partial charge is 0.310 e. The van der Waals surface area contributed by atoms with E-state index in [1.54, 1.807) is 0 Å². The minimum absolute atomic E-state index is 0.510. The second-order valence-electron chi connectivity index (χ2n) is 5.32. The van der Waals surface area contributed by atoms with Gasteiger partial charge in [0.1, 0.15) is 0 Å².